The molecule has 7 aromatic rings. The Morgan fingerprint density at radius 3 is 1.15 bits per heavy atom. The lowest BCUT2D eigenvalue weighted by Gasteiger charge is -2.17. The molecular weight excluding hydrogens is 491 g/mol. The van der Waals surface area contributed by atoms with Gasteiger partial charge in [0, 0.05) is 16.7 Å². The Morgan fingerprint density at radius 2 is 0.725 bits per heavy atom. The normalized spacial score (nSPS) is 11.2. The van der Waals surface area contributed by atoms with Crippen LogP contribution in [0.5, 0.6) is 0 Å². The lowest BCUT2D eigenvalue weighted by atomic mass is 9.79. The quantitative estimate of drug-likeness (QED) is 0.180. The van der Waals surface area contributed by atoms with Gasteiger partial charge in [0.1, 0.15) is 11.4 Å². The van der Waals surface area contributed by atoms with E-state index in [1.807, 2.05) is 78.9 Å². The predicted octanol–water partition coefficient (Wildman–Crippen LogP) is 7.93. The summed E-state index contributed by atoms with van der Waals surface area (Å²) >= 11 is 0. The first-order valence-corrected chi connectivity index (χ1v) is 13.4. The van der Waals surface area contributed by atoms with Gasteiger partial charge in [0.25, 0.3) is 0 Å². The predicted molar refractivity (Wildman–Crippen MR) is 165 cm³/mol. The van der Waals surface area contributed by atoms with Crippen molar-refractivity contribution in [1.82, 2.24) is 0 Å². The second-order valence-electron chi connectivity index (χ2n) is 9.86. The van der Waals surface area contributed by atoms with Gasteiger partial charge in [0.05, 0.1) is 0 Å². The molecule has 6 aromatic carbocycles. The van der Waals surface area contributed by atoms with Crippen molar-refractivity contribution in [1.29, 1.82) is 0 Å². The Bertz CT molecular complexity index is 1900. The van der Waals surface area contributed by atoms with E-state index in [0.29, 0.717) is 11.3 Å². The van der Waals surface area contributed by atoms with Crippen molar-refractivity contribution in [2.24, 2.45) is 0 Å². The Hall–Kier alpha value is -4.90. The Morgan fingerprint density at radius 1 is 0.375 bits per heavy atom. The molecule has 0 amide bonds. The first-order valence-electron chi connectivity index (χ1n) is 13.4. The van der Waals surface area contributed by atoms with E-state index in [1.165, 1.54) is 0 Å². The number of hydrogen-bond acceptors (Lipinski definition) is 3. The minimum absolute atomic E-state index is 0.125. The van der Waals surface area contributed by atoms with Gasteiger partial charge in [0.15, 0.2) is 0 Å². The number of hydrogen-bond donors (Lipinski definition) is 2. The molecule has 2 N–H and O–H groups in total. The maximum absolute atomic E-state index is 10.6. The molecule has 0 atom stereocenters. The average molecular weight is 516 g/mol. The van der Waals surface area contributed by atoms with Gasteiger partial charge < -0.3 is 14.5 Å². The molecule has 0 aliphatic rings. The summed E-state index contributed by atoms with van der Waals surface area (Å²) < 4.78 is 6.56. The second-order valence-corrected chi connectivity index (χ2v) is 9.86. The van der Waals surface area contributed by atoms with E-state index >= 15 is 0 Å². The van der Waals surface area contributed by atoms with Crippen molar-refractivity contribution in [3.05, 3.63) is 140 Å². The summed E-state index contributed by atoms with van der Waals surface area (Å²) in [4.78, 5) is 0. The molecule has 1 aromatic heterocycles. The molecule has 0 fully saturated rings. The summed E-state index contributed by atoms with van der Waals surface area (Å²) in [5.74, 6) is 0.611. The van der Waals surface area contributed by atoms with Crippen LogP contribution in [0, 0.1) is 0 Å². The Kier molecular flexibility index (Phi) is 6.05. The van der Waals surface area contributed by atoms with Crippen molar-refractivity contribution >= 4 is 34.3 Å². The summed E-state index contributed by atoms with van der Waals surface area (Å²) in [7, 11) is -1.78. The smallest absolute Gasteiger partial charge is 0.463 e. The van der Waals surface area contributed by atoms with Crippen LogP contribution in [-0.4, -0.2) is 17.2 Å². The zero-order valence-electron chi connectivity index (χ0n) is 21.7. The molecule has 0 unspecified atom stereocenters. The lowest BCUT2D eigenvalue weighted by molar-refractivity contribution is 0.411. The SMILES string of the molecule is OB(O)c1oc(-c2c3ccccc3c(-c3ccccc3)c3ccccc23)c(-c2ccccc2)c1-c1ccccc1. The zero-order valence-corrected chi connectivity index (χ0v) is 21.7. The molecule has 1 heterocycles. The molecule has 3 nitrogen and oxygen atoms in total. The van der Waals surface area contributed by atoms with Gasteiger partial charge in [-0.15, -0.1) is 0 Å². The minimum Gasteiger partial charge on any atom is -0.463 e. The number of rotatable bonds is 5. The Labute approximate surface area is 232 Å². The van der Waals surface area contributed by atoms with Gasteiger partial charge in [0.2, 0.25) is 0 Å². The highest BCUT2D eigenvalue weighted by Gasteiger charge is 2.32. The second kappa shape index (κ2) is 10.0. The van der Waals surface area contributed by atoms with E-state index in [4.69, 9.17) is 4.42 Å². The van der Waals surface area contributed by atoms with Gasteiger partial charge >= 0.3 is 7.12 Å². The van der Waals surface area contributed by atoms with Crippen molar-refractivity contribution in [2.45, 2.75) is 0 Å². The number of furan rings is 1. The molecule has 190 valence electrons. The minimum atomic E-state index is -1.78. The molecule has 0 bridgehead atoms. The summed E-state index contributed by atoms with van der Waals surface area (Å²) in [6.45, 7) is 0. The summed E-state index contributed by atoms with van der Waals surface area (Å²) in [5.41, 5.74) is 6.65. The lowest BCUT2D eigenvalue weighted by Crippen LogP contribution is -2.30. The van der Waals surface area contributed by atoms with Crippen molar-refractivity contribution in [3.63, 3.8) is 0 Å². The molecule has 7 rings (SSSR count). The molecule has 0 radical (unpaired) electrons. The monoisotopic (exact) mass is 516 g/mol. The van der Waals surface area contributed by atoms with E-state index in [9.17, 15) is 10.0 Å². The van der Waals surface area contributed by atoms with Crippen LogP contribution < -0.4 is 5.66 Å². The van der Waals surface area contributed by atoms with Crippen LogP contribution in [0.4, 0.5) is 0 Å². The molecule has 0 aliphatic heterocycles. The van der Waals surface area contributed by atoms with E-state index < -0.39 is 7.12 Å². The zero-order chi connectivity index (χ0) is 27.1. The standard InChI is InChI=1S/C36H25BO3/c38-37(39)36-33(26-18-8-3-9-19-26)32(25-16-6-2-7-17-25)35(40-36)34-29-22-12-10-20-27(29)31(24-14-4-1-5-15-24)28-21-11-13-23-30(28)34/h1-23,38-39H. The number of fused-ring (bicyclic) bond motifs is 2. The van der Waals surface area contributed by atoms with Crippen LogP contribution in [0.25, 0.3) is 66.2 Å². The molecule has 0 spiro atoms. The van der Waals surface area contributed by atoms with Gasteiger partial charge in [-0.2, -0.15) is 0 Å². The number of benzene rings is 6. The van der Waals surface area contributed by atoms with Gasteiger partial charge in [-0.3, -0.25) is 0 Å². The third-order valence-electron chi connectivity index (χ3n) is 7.52. The maximum Gasteiger partial charge on any atom is 0.527 e. The Balaban J connectivity index is 1.68. The molecule has 0 saturated heterocycles. The molecule has 4 heteroatoms. The van der Waals surface area contributed by atoms with Crippen molar-refractivity contribution < 1.29 is 14.5 Å². The molecular formula is C36H25BO3. The summed E-state index contributed by atoms with van der Waals surface area (Å²) in [6, 6.07) is 47.0. The fourth-order valence-corrected chi connectivity index (χ4v) is 5.87. The molecule has 0 saturated carbocycles. The highest BCUT2D eigenvalue weighted by Crippen LogP contribution is 2.48. The highest BCUT2D eigenvalue weighted by molar-refractivity contribution is 6.59. The van der Waals surface area contributed by atoms with E-state index in [1.54, 1.807) is 0 Å². The van der Waals surface area contributed by atoms with Crippen LogP contribution in [0.3, 0.4) is 0 Å². The first kappa shape index (κ1) is 24.2. The average Bonchev–Trinajstić information content (AvgIpc) is 3.42. The third-order valence-corrected chi connectivity index (χ3v) is 7.52. The largest absolute Gasteiger partial charge is 0.527 e. The van der Waals surface area contributed by atoms with Crippen LogP contribution >= 0.6 is 0 Å². The van der Waals surface area contributed by atoms with E-state index in [-0.39, 0.29) is 5.66 Å². The summed E-state index contributed by atoms with van der Waals surface area (Å²) in [5, 5.41) is 25.4. The summed E-state index contributed by atoms with van der Waals surface area (Å²) in [6.07, 6.45) is 0. The fraction of sp³-hybridized carbons (Fsp3) is 0. The van der Waals surface area contributed by atoms with Crippen molar-refractivity contribution in [2.75, 3.05) is 0 Å². The van der Waals surface area contributed by atoms with Gasteiger partial charge in [-0.25, -0.2) is 0 Å². The van der Waals surface area contributed by atoms with Crippen LogP contribution in [0.1, 0.15) is 0 Å². The highest BCUT2D eigenvalue weighted by atomic mass is 16.4. The topological polar surface area (TPSA) is 53.6 Å². The fourth-order valence-electron chi connectivity index (χ4n) is 5.87. The van der Waals surface area contributed by atoms with Crippen LogP contribution in [0.15, 0.2) is 144 Å². The van der Waals surface area contributed by atoms with Crippen LogP contribution in [-0.2, 0) is 0 Å². The molecule has 40 heavy (non-hydrogen) atoms. The molecule has 0 aliphatic carbocycles. The first-order chi connectivity index (χ1) is 19.7. The van der Waals surface area contributed by atoms with E-state index in [2.05, 4.69) is 60.7 Å². The van der Waals surface area contributed by atoms with Gasteiger partial charge in [-0.1, -0.05) is 140 Å². The third kappa shape index (κ3) is 3.94. The van der Waals surface area contributed by atoms with Crippen molar-refractivity contribution in [3.8, 4) is 44.7 Å². The van der Waals surface area contributed by atoms with Gasteiger partial charge in [-0.05, 0) is 43.8 Å². The van der Waals surface area contributed by atoms with E-state index in [0.717, 1.165) is 54.9 Å². The van der Waals surface area contributed by atoms with Crippen LogP contribution in [0.2, 0.25) is 0 Å². The maximum atomic E-state index is 10.6.